The molecule has 1 aromatic carbocycles. The van der Waals surface area contributed by atoms with E-state index in [9.17, 15) is 0 Å². The summed E-state index contributed by atoms with van der Waals surface area (Å²) in [5.74, 6) is 5.89. The molecule has 0 radical (unpaired) electrons. The first-order valence-corrected chi connectivity index (χ1v) is 6.78. The van der Waals surface area contributed by atoms with Crippen LogP contribution in [0, 0.1) is 6.92 Å². The molecule has 1 heterocycles. The van der Waals surface area contributed by atoms with Crippen LogP contribution in [-0.2, 0) is 0 Å². The van der Waals surface area contributed by atoms with E-state index in [1.54, 1.807) is 6.07 Å². The highest BCUT2D eigenvalue weighted by atomic mass is 35.5. The van der Waals surface area contributed by atoms with E-state index in [2.05, 4.69) is 25.7 Å². The van der Waals surface area contributed by atoms with Gasteiger partial charge in [0.15, 0.2) is 0 Å². The molecule has 0 atom stereocenters. The van der Waals surface area contributed by atoms with Gasteiger partial charge in [0.2, 0.25) is 11.9 Å². The van der Waals surface area contributed by atoms with Gasteiger partial charge in [0, 0.05) is 10.7 Å². The zero-order valence-corrected chi connectivity index (χ0v) is 12.8. The van der Waals surface area contributed by atoms with Crippen molar-refractivity contribution in [3.8, 4) is 6.01 Å². The topological polar surface area (TPSA) is 98.0 Å². The molecule has 0 aliphatic rings. The average Bonchev–Trinajstić information content (AvgIpc) is 2.42. The van der Waals surface area contributed by atoms with Crippen molar-refractivity contribution in [3.63, 3.8) is 0 Å². The molecule has 2 aromatic rings. The largest absolute Gasteiger partial charge is 0.461 e. The van der Waals surface area contributed by atoms with Gasteiger partial charge in [0.1, 0.15) is 0 Å². The van der Waals surface area contributed by atoms with Crippen molar-refractivity contribution < 1.29 is 4.74 Å². The van der Waals surface area contributed by atoms with Crippen LogP contribution in [0.15, 0.2) is 18.2 Å². The Morgan fingerprint density at radius 1 is 1.19 bits per heavy atom. The highest BCUT2D eigenvalue weighted by Gasteiger charge is 2.10. The van der Waals surface area contributed by atoms with Crippen LogP contribution in [0.4, 0.5) is 17.6 Å². The van der Waals surface area contributed by atoms with E-state index in [1.165, 1.54) is 0 Å². The summed E-state index contributed by atoms with van der Waals surface area (Å²) in [5.41, 5.74) is 4.19. The first-order chi connectivity index (χ1) is 9.97. The highest BCUT2D eigenvalue weighted by molar-refractivity contribution is 6.30. The van der Waals surface area contributed by atoms with Crippen LogP contribution < -0.4 is 21.3 Å². The first-order valence-electron chi connectivity index (χ1n) is 6.40. The summed E-state index contributed by atoms with van der Waals surface area (Å²) in [7, 11) is 0. The summed E-state index contributed by atoms with van der Waals surface area (Å²) in [6.07, 6.45) is -0.0567. The number of nitrogens with two attached hydrogens (primary N) is 1. The van der Waals surface area contributed by atoms with Crippen molar-refractivity contribution in [1.29, 1.82) is 0 Å². The summed E-state index contributed by atoms with van der Waals surface area (Å²) in [6.45, 7) is 5.72. The van der Waals surface area contributed by atoms with Crippen LogP contribution in [0.25, 0.3) is 0 Å². The second-order valence-electron chi connectivity index (χ2n) is 4.66. The molecule has 2 rings (SSSR count). The molecule has 0 fully saturated rings. The third-order valence-electron chi connectivity index (χ3n) is 2.53. The Morgan fingerprint density at radius 2 is 1.90 bits per heavy atom. The minimum Gasteiger partial charge on any atom is -0.461 e. The molecule has 0 spiro atoms. The van der Waals surface area contributed by atoms with Crippen LogP contribution in [0.2, 0.25) is 5.02 Å². The highest BCUT2D eigenvalue weighted by Crippen LogP contribution is 2.23. The zero-order valence-electron chi connectivity index (χ0n) is 12.0. The first kappa shape index (κ1) is 15.3. The van der Waals surface area contributed by atoms with Gasteiger partial charge in [0.05, 0.1) is 6.10 Å². The zero-order chi connectivity index (χ0) is 15.4. The normalized spacial score (nSPS) is 10.6. The molecule has 1 aromatic heterocycles. The number of halogens is 1. The van der Waals surface area contributed by atoms with Gasteiger partial charge in [-0.2, -0.15) is 15.0 Å². The van der Waals surface area contributed by atoms with Gasteiger partial charge in [-0.15, -0.1) is 0 Å². The molecule has 0 bridgehead atoms. The molecule has 112 valence electrons. The Balaban J connectivity index is 2.32. The molecular formula is C13H17ClN6O. The van der Waals surface area contributed by atoms with Gasteiger partial charge >= 0.3 is 6.01 Å². The van der Waals surface area contributed by atoms with E-state index in [-0.39, 0.29) is 18.1 Å². The lowest BCUT2D eigenvalue weighted by molar-refractivity contribution is 0.222. The lowest BCUT2D eigenvalue weighted by Crippen LogP contribution is -2.15. The van der Waals surface area contributed by atoms with Crippen molar-refractivity contribution in [2.24, 2.45) is 5.84 Å². The number of nitrogens with one attached hydrogen (secondary N) is 2. The van der Waals surface area contributed by atoms with Gasteiger partial charge < -0.3 is 10.1 Å². The second-order valence-corrected chi connectivity index (χ2v) is 5.10. The molecule has 7 nitrogen and oxygen atoms in total. The molecular weight excluding hydrogens is 292 g/mol. The number of benzene rings is 1. The molecule has 0 amide bonds. The maximum absolute atomic E-state index is 5.99. The van der Waals surface area contributed by atoms with Gasteiger partial charge in [-0.25, -0.2) is 5.84 Å². The van der Waals surface area contributed by atoms with Gasteiger partial charge in [-0.1, -0.05) is 17.7 Å². The summed E-state index contributed by atoms with van der Waals surface area (Å²) >= 11 is 5.99. The smallest absolute Gasteiger partial charge is 0.323 e. The quantitative estimate of drug-likeness (QED) is 0.577. The molecule has 0 aliphatic heterocycles. The molecule has 0 saturated heterocycles. The van der Waals surface area contributed by atoms with E-state index >= 15 is 0 Å². The Morgan fingerprint density at radius 3 is 2.57 bits per heavy atom. The molecule has 4 N–H and O–H groups in total. The van der Waals surface area contributed by atoms with Crippen LogP contribution in [-0.4, -0.2) is 21.1 Å². The molecule has 21 heavy (non-hydrogen) atoms. The number of aromatic nitrogens is 3. The van der Waals surface area contributed by atoms with Gasteiger partial charge in [-0.05, 0) is 38.5 Å². The summed E-state index contributed by atoms with van der Waals surface area (Å²) in [4.78, 5) is 12.4. The molecule has 0 aliphatic carbocycles. The Kier molecular flexibility index (Phi) is 4.77. The number of nitrogens with zero attached hydrogens (tertiary/aromatic N) is 3. The third-order valence-corrected chi connectivity index (χ3v) is 2.77. The predicted molar refractivity (Wildman–Crippen MR) is 82.9 cm³/mol. The predicted octanol–water partition coefficient (Wildman–Crippen LogP) is 2.65. The fourth-order valence-electron chi connectivity index (χ4n) is 1.59. The van der Waals surface area contributed by atoms with E-state index in [0.29, 0.717) is 11.0 Å². The third kappa shape index (κ3) is 4.17. The SMILES string of the molecule is Cc1ccc(Cl)cc1Nc1nc(NN)nc(OC(C)C)n1. The monoisotopic (exact) mass is 308 g/mol. The molecule has 8 heteroatoms. The van der Waals surface area contributed by atoms with Crippen molar-refractivity contribution in [2.45, 2.75) is 26.9 Å². The number of hydrazine groups is 1. The minimum absolute atomic E-state index is 0.0567. The van der Waals surface area contributed by atoms with Crippen LogP contribution >= 0.6 is 11.6 Å². The van der Waals surface area contributed by atoms with E-state index in [4.69, 9.17) is 22.2 Å². The Labute approximate surface area is 127 Å². The second kappa shape index (κ2) is 6.55. The lowest BCUT2D eigenvalue weighted by Gasteiger charge is -2.12. The van der Waals surface area contributed by atoms with Crippen LogP contribution in [0.5, 0.6) is 6.01 Å². The summed E-state index contributed by atoms with van der Waals surface area (Å²) in [6, 6.07) is 5.70. The van der Waals surface area contributed by atoms with E-state index < -0.39 is 0 Å². The Hall–Kier alpha value is -2.12. The van der Waals surface area contributed by atoms with Crippen molar-refractivity contribution >= 4 is 29.2 Å². The number of aryl methyl sites for hydroxylation is 1. The fraction of sp³-hybridized carbons (Fsp3) is 0.308. The van der Waals surface area contributed by atoms with Crippen LogP contribution in [0.3, 0.4) is 0 Å². The fourth-order valence-corrected chi connectivity index (χ4v) is 1.76. The summed E-state index contributed by atoms with van der Waals surface area (Å²) in [5, 5.41) is 3.70. The molecule has 0 saturated carbocycles. The van der Waals surface area contributed by atoms with Crippen LogP contribution in [0.1, 0.15) is 19.4 Å². The van der Waals surface area contributed by atoms with Gasteiger partial charge in [-0.3, -0.25) is 5.43 Å². The van der Waals surface area contributed by atoms with Crippen molar-refractivity contribution in [1.82, 2.24) is 15.0 Å². The maximum atomic E-state index is 5.99. The molecule has 0 unspecified atom stereocenters. The van der Waals surface area contributed by atoms with E-state index in [1.807, 2.05) is 32.9 Å². The number of anilines is 3. The van der Waals surface area contributed by atoms with Gasteiger partial charge in [0.25, 0.3) is 0 Å². The average molecular weight is 309 g/mol. The number of hydrogen-bond acceptors (Lipinski definition) is 7. The number of ether oxygens (including phenoxy) is 1. The lowest BCUT2D eigenvalue weighted by atomic mass is 10.2. The maximum Gasteiger partial charge on any atom is 0.323 e. The number of rotatable bonds is 5. The number of nitrogen functional groups attached to an aromatic ring is 1. The Bertz CT molecular complexity index is 634. The minimum atomic E-state index is -0.0567. The summed E-state index contributed by atoms with van der Waals surface area (Å²) < 4.78 is 5.47. The number of hydrogen-bond donors (Lipinski definition) is 3. The van der Waals surface area contributed by atoms with Crippen molar-refractivity contribution in [2.75, 3.05) is 10.7 Å². The van der Waals surface area contributed by atoms with Crippen molar-refractivity contribution in [3.05, 3.63) is 28.8 Å². The van der Waals surface area contributed by atoms with E-state index in [0.717, 1.165) is 11.3 Å². The standard InChI is InChI=1S/C13H17ClN6O/c1-7(2)21-13-18-11(17-12(19-13)20-15)16-10-6-9(14)5-4-8(10)3/h4-7H,15H2,1-3H3,(H2,16,17,18,19,20).